The Morgan fingerprint density at radius 2 is 1.80 bits per heavy atom. The molecule has 7 nitrogen and oxygen atoms in total. The number of pyridine rings is 1. The highest BCUT2D eigenvalue weighted by Gasteiger charge is 2.28. The van der Waals surface area contributed by atoms with Crippen molar-refractivity contribution < 1.29 is 9.53 Å². The van der Waals surface area contributed by atoms with E-state index < -0.39 is 0 Å². The van der Waals surface area contributed by atoms with Crippen LogP contribution in [0.25, 0.3) is 0 Å². The van der Waals surface area contributed by atoms with Crippen LogP contribution >= 0.6 is 11.3 Å². The topological polar surface area (TPSA) is 102 Å². The molecule has 1 aliphatic heterocycles. The minimum atomic E-state index is -0.328. The number of hydrogen-bond acceptors (Lipinski definition) is 7. The summed E-state index contributed by atoms with van der Waals surface area (Å²) in [6.07, 6.45) is 3.50. The highest BCUT2D eigenvalue weighted by molar-refractivity contribution is 7.17. The molecule has 0 aliphatic carbocycles. The molecular formula is C22H29N5O2S. The number of aromatic nitrogens is 1. The van der Waals surface area contributed by atoms with E-state index in [1.165, 1.54) is 11.8 Å². The number of anilines is 1. The lowest BCUT2D eigenvalue weighted by Crippen LogP contribution is -2.35. The standard InChI is InChI=1S/C16H17N5S.C6H12O2/c1-9-10(2)22-16-14(9)15(12-4-6-19-7-5-12)20-8-13(18)21(16)11(3)17;1-5(7)8-6(2,3)4/h4-7,17-18H,8H2,1-3H3;1-4H3. The number of rotatable bonds is 1. The van der Waals surface area contributed by atoms with E-state index in [4.69, 9.17) is 15.6 Å². The smallest absolute Gasteiger partial charge is 0.303 e. The number of ether oxygens (including phenoxy) is 1. The number of aliphatic imine (C=N–C) groups is 1. The van der Waals surface area contributed by atoms with Crippen molar-refractivity contribution >= 4 is 39.7 Å². The zero-order valence-electron chi connectivity index (χ0n) is 18.6. The molecule has 0 unspecified atom stereocenters. The molecule has 2 N–H and O–H groups in total. The van der Waals surface area contributed by atoms with Gasteiger partial charge in [-0.1, -0.05) is 0 Å². The van der Waals surface area contributed by atoms with Gasteiger partial charge in [-0.15, -0.1) is 11.3 Å². The second kappa shape index (κ2) is 9.30. The van der Waals surface area contributed by atoms with E-state index in [0.717, 1.165) is 27.4 Å². The molecule has 3 rings (SSSR count). The van der Waals surface area contributed by atoms with E-state index in [2.05, 4.69) is 23.8 Å². The third kappa shape index (κ3) is 5.60. The maximum Gasteiger partial charge on any atom is 0.303 e. The van der Waals surface area contributed by atoms with Crippen LogP contribution in [0.3, 0.4) is 0 Å². The van der Waals surface area contributed by atoms with Crippen LogP contribution in [-0.2, 0) is 9.53 Å². The number of carbonyl (C=O) groups is 1. The minimum absolute atomic E-state index is 0.225. The van der Waals surface area contributed by atoms with E-state index in [1.807, 2.05) is 32.9 Å². The highest BCUT2D eigenvalue weighted by atomic mass is 32.1. The quantitative estimate of drug-likeness (QED) is 0.390. The predicted molar refractivity (Wildman–Crippen MR) is 124 cm³/mol. The Labute approximate surface area is 181 Å². The van der Waals surface area contributed by atoms with Gasteiger partial charge in [-0.2, -0.15) is 0 Å². The van der Waals surface area contributed by atoms with Gasteiger partial charge in [0.25, 0.3) is 0 Å². The molecule has 0 saturated carbocycles. The van der Waals surface area contributed by atoms with Gasteiger partial charge in [0.1, 0.15) is 22.3 Å². The Morgan fingerprint density at radius 3 is 2.27 bits per heavy atom. The molecule has 0 amide bonds. The predicted octanol–water partition coefficient (Wildman–Crippen LogP) is 4.74. The van der Waals surface area contributed by atoms with Crippen molar-refractivity contribution in [1.82, 2.24) is 4.98 Å². The van der Waals surface area contributed by atoms with Crippen molar-refractivity contribution in [2.24, 2.45) is 4.99 Å². The van der Waals surface area contributed by atoms with Gasteiger partial charge >= 0.3 is 5.97 Å². The number of carbonyl (C=O) groups excluding carboxylic acids is 1. The summed E-state index contributed by atoms with van der Waals surface area (Å²) in [5.74, 6) is 0.454. The van der Waals surface area contributed by atoms with E-state index in [1.54, 1.807) is 35.6 Å². The van der Waals surface area contributed by atoms with Crippen LogP contribution in [0.2, 0.25) is 0 Å². The summed E-state index contributed by atoms with van der Waals surface area (Å²) in [6, 6.07) is 3.87. The molecule has 2 aromatic rings. The van der Waals surface area contributed by atoms with Crippen molar-refractivity contribution in [3.05, 3.63) is 46.1 Å². The number of fused-ring (bicyclic) bond motifs is 1. The Kier molecular flexibility index (Phi) is 7.25. The number of nitrogens with one attached hydrogen (secondary N) is 2. The lowest BCUT2D eigenvalue weighted by Gasteiger charge is -2.21. The molecule has 0 saturated heterocycles. The number of nitrogens with zero attached hydrogens (tertiary/aromatic N) is 3. The largest absolute Gasteiger partial charge is 0.460 e. The second-order valence-electron chi connectivity index (χ2n) is 7.94. The molecule has 2 aromatic heterocycles. The molecule has 160 valence electrons. The van der Waals surface area contributed by atoms with Gasteiger partial charge in [0.15, 0.2) is 0 Å². The highest BCUT2D eigenvalue weighted by Crippen LogP contribution is 2.38. The SMILES string of the molecule is CC(=N)N1C(=N)CN=C(c2ccncc2)c2c1sc(C)c2C.CC(=O)OC(C)(C)C. The van der Waals surface area contributed by atoms with Crippen LogP contribution in [0, 0.1) is 24.7 Å². The third-order valence-corrected chi connectivity index (χ3v) is 5.39. The van der Waals surface area contributed by atoms with Gasteiger partial charge in [0.05, 0.1) is 12.3 Å². The van der Waals surface area contributed by atoms with Gasteiger partial charge < -0.3 is 4.74 Å². The summed E-state index contributed by atoms with van der Waals surface area (Å²) in [7, 11) is 0. The van der Waals surface area contributed by atoms with Crippen LogP contribution in [0.5, 0.6) is 0 Å². The van der Waals surface area contributed by atoms with E-state index >= 15 is 0 Å². The first-order valence-electron chi connectivity index (χ1n) is 9.60. The van der Waals surface area contributed by atoms with Crippen molar-refractivity contribution in [2.45, 2.75) is 54.1 Å². The second-order valence-corrected chi connectivity index (χ2v) is 9.14. The summed E-state index contributed by atoms with van der Waals surface area (Å²) in [5.41, 5.74) is 3.74. The number of amidine groups is 2. The van der Waals surface area contributed by atoms with Crippen LogP contribution in [0.15, 0.2) is 29.5 Å². The van der Waals surface area contributed by atoms with Gasteiger partial charge in [-0.25, -0.2) is 0 Å². The third-order valence-electron chi connectivity index (χ3n) is 4.20. The lowest BCUT2D eigenvalue weighted by atomic mass is 10.0. The summed E-state index contributed by atoms with van der Waals surface area (Å²) in [6.45, 7) is 13.1. The van der Waals surface area contributed by atoms with Gasteiger partial charge in [0.2, 0.25) is 0 Å². The number of hydrogen-bond donors (Lipinski definition) is 2. The summed E-state index contributed by atoms with van der Waals surface area (Å²) in [5, 5.41) is 17.2. The maximum atomic E-state index is 10.2. The zero-order chi connectivity index (χ0) is 22.6. The molecule has 0 bridgehead atoms. The molecule has 0 aromatic carbocycles. The summed E-state index contributed by atoms with van der Waals surface area (Å²) < 4.78 is 4.80. The average Bonchev–Trinajstić information content (AvgIpc) is 2.81. The van der Waals surface area contributed by atoms with Crippen molar-refractivity contribution in [1.29, 1.82) is 10.8 Å². The van der Waals surface area contributed by atoms with Gasteiger partial charge in [-0.3, -0.25) is 30.5 Å². The summed E-state index contributed by atoms with van der Waals surface area (Å²) >= 11 is 1.62. The van der Waals surface area contributed by atoms with Crippen LogP contribution < -0.4 is 4.90 Å². The minimum Gasteiger partial charge on any atom is -0.460 e. The zero-order valence-corrected chi connectivity index (χ0v) is 19.4. The molecule has 0 spiro atoms. The maximum absolute atomic E-state index is 10.2. The van der Waals surface area contributed by atoms with E-state index in [-0.39, 0.29) is 18.1 Å². The van der Waals surface area contributed by atoms with Gasteiger partial charge in [0, 0.05) is 35.3 Å². The van der Waals surface area contributed by atoms with Gasteiger partial charge in [-0.05, 0) is 59.2 Å². The first-order valence-corrected chi connectivity index (χ1v) is 10.4. The molecule has 0 fully saturated rings. The monoisotopic (exact) mass is 427 g/mol. The molecule has 3 heterocycles. The fraction of sp³-hybridized carbons (Fsp3) is 0.409. The normalized spacial score (nSPS) is 13.5. The van der Waals surface area contributed by atoms with E-state index in [9.17, 15) is 4.79 Å². The first-order chi connectivity index (χ1) is 13.9. The molecule has 1 aliphatic rings. The molecule has 0 atom stereocenters. The Hall–Kier alpha value is -2.87. The van der Waals surface area contributed by atoms with Crippen molar-refractivity contribution in [3.8, 4) is 0 Å². The van der Waals surface area contributed by atoms with Crippen molar-refractivity contribution in [2.75, 3.05) is 11.4 Å². The van der Waals surface area contributed by atoms with Crippen LogP contribution in [0.1, 0.15) is 56.2 Å². The number of thiophene rings is 1. The lowest BCUT2D eigenvalue weighted by molar-refractivity contribution is -0.151. The molecular weight excluding hydrogens is 398 g/mol. The average molecular weight is 428 g/mol. The van der Waals surface area contributed by atoms with Crippen LogP contribution in [0.4, 0.5) is 5.00 Å². The Morgan fingerprint density at radius 1 is 1.20 bits per heavy atom. The molecule has 0 radical (unpaired) electrons. The fourth-order valence-electron chi connectivity index (χ4n) is 3.00. The van der Waals surface area contributed by atoms with Crippen molar-refractivity contribution in [3.63, 3.8) is 0 Å². The van der Waals surface area contributed by atoms with E-state index in [0.29, 0.717) is 11.7 Å². The number of aryl methyl sites for hydroxylation is 1. The Bertz CT molecular complexity index is 987. The van der Waals surface area contributed by atoms with Crippen LogP contribution in [-0.4, -0.2) is 40.5 Å². The fourth-order valence-corrected chi connectivity index (χ4v) is 4.24. The summed E-state index contributed by atoms with van der Waals surface area (Å²) in [4.78, 5) is 21.8. The molecule has 30 heavy (non-hydrogen) atoms. The Balaban J connectivity index is 0.000000343. The molecule has 8 heteroatoms. The number of esters is 1. The first kappa shape index (κ1) is 23.4.